The molecule has 4 N–H and O–H groups in total. The van der Waals surface area contributed by atoms with E-state index in [0.29, 0.717) is 34.7 Å². The second-order valence-electron chi connectivity index (χ2n) is 13.9. The number of aliphatic carboxylic acids is 1. The lowest BCUT2D eigenvalue weighted by Gasteiger charge is -2.63. The summed E-state index contributed by atoms with van der Waals surface area (Å²) >= 11 is 5.01. The summed E-state index contributed by atoms with van der Waals surface area (Å²) in [5, 5.41) is 14.1. The maximum absolute atomic E-state index is 11.2. The van der Waals surface area contributed by atoms with E-state index in [9.17, 15) is 9.90 Å². The van der Waals surface area contributed by atoms with Crippen LogP contribution >= 0.6 is 12.2 Å². The fourth-order valence-electron chi connectivity index (χ4n) is 9.65. The third kappa shape index (κ3) is 4.49. The Hall–Kier alpha value is -1.69. The number of rotatable bonds is 6. The number of nitrogens with zero attached hydrogens (tertiary/aromatic N) is 1. The molecule has 0 radical (unpaired) electrons. The molecule has 0 aromatic heterocycles. The van der Waals surface area contributed by atoms with Crippen LogP contribution in [0.5, 0.6) is 0 Å². The minimum absolute atomic E-state index is 0.00277. The van der Waals surface area contributed by atoms with Crippen LogP contribution in [0.3, 0.4) is 0 Å². The van der Waals surface area contributed by atoms with Crippen LogP contribution in [-0.2, 0) is 4.79 Å². The van der Waals surface area contributed by atoms with Gasteiger partial charge in [-0.1, -0.05) is 59.3 Å². The fraction of sp³-hybridized carbons (Fsp3) is 0.774. The molecule has 0 aliphatic heterocycles. The number of fused-ring (bicyclic) bond motifs is 5. The van der Waals surface area contributed by atoms with Crippen LogP contribution in [0.25, 0.3) is 0 Å². The van der Waals surface area contributed by atoms with Crippen molar-refractivity contribution in [3.63, 3.8) is 0 Å². The van der Waals surface area contributed by atoms with Gasteiger partial charge in [0.2, 0.25) is 0 Å². The van der Waals surface area contributed by atoms with Gasteiger partial charge in [0.05, 0.1) is 0 Å². The van der Waals surface area contributed by atoms with Crippen LogP contribution in [0.15, 0.2) is 28.4 Å². The molecule has 206 valence electrons. The van der Waals surface area contributed by atoms with E-state index < -0.39 is 5.97 Å². The number of carbonyl (C=O) groups is 1. The largest absolute Gasteiger partial charge is 0.478 e. The lowest BCUT2D eigenvalue weighted by molar-refractivity contribution is -0.132. The maximum atomic E-state index is 11.2. The highest BCUT2D eigenvalue weighted by atomic mass is 32.1. The second kappa shape index (κ2) is 9.81. The number of hydrazone groups is 1. The molecule has 0 saturated heterocycles. The van der Waals surface area contributed by atoms with Gasteiger partial charge < -0.3 is 10.8 Å². The number of nitrogens with two attached hydrogens (primary N) is 1. The Morgan fingerprint density at radius 1 is 1.24 bits per heavy atom. The van der Waals surface area contributed by atoms with Gasteiger partial charge >= 0.3 is 5.97 Å². The molecule has 4 rings (SSSR count). The van der Waals surface area contributed by atoms with Crippen molar-refractivity contribution in [2.75, 3.05) is 0 Å². The predicted molar refractivity (Wildman–Crippen MR) is 156 cm³/mol. The number of hydrogen-bond donors (Lipinski definition) is 3. The molecule has 0 amide bonds. The van der Waals surface area contributed by atoms with Crippen molar-refractivity contribution < 1.29 is 9.90 Å². The first kappa shape index (κ1) is 28.3. The van der Waals surface area contributed by atoms with Gasteiger partial charge in [-0.25, -0.2) is 4.79 Å². The zero-order valence-corrected chi connectivity index (χ0v) is 24.9. The maximum Gasteiger partial charge on any atom is 0.330 e. The van der Waals surface area contributed by atoms with Crippen LogP contribution in [0, 0.1) is 45.3 Å². The topological polar surface area (TPSA) is 87.7 Å². The molecule has 6 heteroatoms. The summed E-state index contributed by atoms with van der Waals surface area (Å²) in [6.45, 7) is 16.6. The van der Waals surface area contributed by atoms with Crippen molar-refractivity contribution >= 4 is 29.0 Å². The lowest BCUT2D eigenvalue weighted by atomic mass is 9.41. The Balaban J connectivity index is 1.58. The minimum atomic E-state index is -0.800. The third-order valence-electron chi connectivity index (χ3n) is 12.1. The van der Waals surface area contributed by atoms with E-state index in [0.717, 1.165) is 25.7 Å². The average Bonchev–Trinajstić information content (AvgIpc) is 3.09. The summed E-state index contributed by atoms with van der Waals surface area (Å²) in [4.78, 5) is 11.2. The molecule has 4 aliphatic carbocycles. The normalized spacial score (nSPS) is 40.7. The first-order valence-electron chi connectivity index (χ1n) is 14.4. The summed E-state index contributed by atoms with van der Waals surface area (Å²) in [5.74, 6) is 1.69. The predicted octanol–water partition coefficient (Wildman–Crippen LogP) is 7.23. The summed E-state index contributed by atoms with van der Waals surface area (Å²) in [5.41, 5.74) is 12.8. The summed E-state index contributed by atoms with van der Waals surface area (Å²) < 4.78 is 0. The van der Waals surface area contributed by atoms with E-state index >= 15 is 0 Å². The summed E-state index contributed by atoms with van der Waals surface area (Å²) in [6.07, 6.45) is 14.9. The highest BCUT2D eigenvalue weighted by Crippen LogP contribution is 2.73. The van der Waals surface area contributed by atoms with Crippen LogP contribution < -0.4 is 11.2 Å². The highest BCUT2D eigenvalue weighted by molar-refractivity contribution is 7.80. The number of allylic oxidation sites excluding steroid dienone is 3. The number of thiocarbonyl (C=S) groups is 1. The number of carboxylic acid groups (broad SMARTS) is 1. The fourth-order valence-corrected chi connectivity index (χ4v) is 9.70. The Morgan fingerprint density at radius 2 is 1.95 bits per heavy atom. The summed E-state index contributed by atoms with van der Waals surface area (Å²) in [6, 6.07) is 0. The quantitative estimate of drug-likeness (QED) is 0.147. The molecule has 5 nitrogen and oxygen atoms in total. The molecular formula is C31H49N3O2S. The molecule has 4 aliphatic rings. The van der Waals surface area contributed by atoms with Gasteiger partial charge in [0, 0.05) is 16.7 Å². The van der Waals surface area contributed by atoms with Gasteiger partial charge in [0.1, 0.15) is 0 Å². The van der Waals surface area contributed by atoms with E-state index in [1.807, 2.05) is 6.08 Å². The van der Waals surface area contributed by atoms with Gasteiger partial charge in [-0.15, -0.1) is 0 Å². The van der Waals surface area contributed by atoms with Gasteiger partial charge in [0.15, 0.2) is 5.11 Å². The molecular weight excluding hydrogens is 478 g/mol. The van der Waals surface area contributed by atoms with E-state index in [2.05, 4.69) is 58.1 Å². The molecule has 3 saturated carbocycles. The van der Waals surface area contributed by atoms with Gasteiger partial charge in [-0.05, 0) is 117 Å². The molecule has 0 spiro atoms. The zero-order valence-electron chi connectivity index (χ0n) is 24.1. The Kier molecular flexibility index (Phi) is 7.51. The average molecular weight is 528 g/mol. The second-order valence-corrected chi connectivity index (χ2v) is 14.4. The Bertz CT molecular complexity index is 1050. The van der Waals surface area contributed by atoms with Gasteiger partial charge in [0.25, 0.3) is 0 Å². The van der Waals surface area contributed by atoms with E-state index in [-0.39, 0.29) is 21.4 Å². The standard InChI is InChI=1S/C31H49N3O2S/c1-19(9-8-10-20(2)26(35)36)21-13-17-31(7)23-11-12-24-28(3,4)25(33-34-27(32)37)15-16-29(24,5)22(23)14-18-30(21,31)6/h10-11,19,21-22,24H,8-9,12-18H2,1-7H3,(H,35,36)(H3,32,34,37)/b20-10-,33-25-/t19-,21-,22-,24+,29+,30-,31+/m0/s1. The number of carboxylic acids is 1. The summed E-state index contributed by atoms with van der Waals surface area (Å²) in [7, 11) is 0. The monoisotopic (exact) mass is 527 g/mol. The van der Waals surface area contributed by atoms with E-state index in [4.69, 9.17) is 18.0 Å². The van der Waals surface area contributed by atoms with E-state index in [1.165, 1.54) is 37.8 Å². The van der Waals surface area contributed by atoms with Crippen molar-refractivity contribution in [3.05, 3.63) is 23.3 Å². The smallest absolute Gasteiger partial charge is 0.330 e. The molecule has 3 fully saturated rings. The first-order valence-corrected chi connectivity index (χ1v) is 14.8. The van der Waals surface area contributed by atoms with Crippen molar-refractivity contribution in [2.24, 2.45) is 56.2 Å². The SMILES string of the molecule is C/C(=C/CC[C@H](C)[C@@H]1CC[C@]2(C)C3=CC[C@@H]4C(C)(C)/C(=N\NC(N)=S)CC[C@]4(C)[C@H]3CC[C@@]12C)C(=O)O. The Morgan fingerprint density at radius 3 is 2.59 bits per heavy atom. The molecule has 0 heterocycles. The molecule has 0 unspecified atom stereocenters. The van der Waals surface area contributed by atoms with Crippen LogP contribution in [0.4, 0.5) is 0 Å². The molecule has 0 aromatic rings. The molecule has 37 heavy (non-hydrogen) atoms. The van der Waals surface area contributed by atoms with Gasteiger partial charge in [-0.3, -0.25) is 5.43 Å². The van der Waals surface area contributed by atoms with Crippen LogP contribution in [0.1, 0.15) is 106 Å². The molecule has 0 bridgehead atoms. The number of hydrogen-bond acceptors (Lipinski definition) is 3. The minimum Gasteiger partial charge on any atom is -0.478 e. The van der Waals surface area contributed by atoms with Crippen molar-refractivity contribution in [1.82, 2.24) is 5.43 Å². The van der Waals surface area contributed by atoms with Crippen molar-refractivity contribution in [1.29, 1.82) is 0 Å². The first-order chi connectivity index (χ1) is 17.2. The van der Waals surface area contributed by atoms with E-state index in [1.54, 1.807) is 12.5 Å². The molecule has 7 atom stereocenters. The zero-order chi connectivity index (χ0) is 27.4. The number of nitrogens with one attached hydrogen (secondary N) is 1. The molecule has 0 aromatic carbocycles. The van der Waals surface area contributed by atoms with Gasteiger partial charge in [-0.2, -0.15) is 5.10 Å². The van der Waals surface area contributed by atoms with Crippen LogP contribution in [0.2, 0.25) is 0 Å². The van der Waals surface area contributed by atoms with Crippen molar-refractivity contribution in [2.45, 2.75) is 106 Å². The van der Waals surface area contributed by atoms with Crippen LogP contribution in [-0.4, -0.2) is 21.9 Å². The highest BCUT2D eigenvalue weighted by Gasteiger charge is 2.65. The third-order valence-corrected chi connectivity index (χ3v) is 12.2. The lowest BCUT2D eigenvalue weighted by Crippen LogP contribution is -2.57. The van der Waals surface area contributed by atoms with Crippen molar-refractivity contribution in [3.8, 4) is 0 Å². The Labute approximate surface area is 229 Å².